The van der Waals surface area contributed by atoms with E-state index < -0.39 is 35.4 Å². The maximum absolute atomic E-state index is 13.0. The lowest BCUT2D eigenvalue weighted by Crippen LogP contribution is -2.47. The van der Waals surface area contributed by atoms with E-state index in [1.165, 1.54) is 14.7 Å². The van der Waals surface area contributed by atoms with Gasteiger partial charge in [0.1, 0.15) is 39.3 Å². The van der Waals surface area contributed by atoms with E-state index in [1.807, 2.05) is 41.5 Å². The second-order valence-electron chi connectivity index (χ2n) is 11.9. The van der Waals surface area contributed by atoms with Crippen LogP contribution in [0.1, 0.15) is 80.1 Å². The minimum atomic E-state index is -0.395. The second-order valence-corrected chi connectivity index (χ2v) is 11.9. The van der Waals surface area contributed by atoms with Gasteiger partial charge in [-0.15, -0.1) is 0 Å². The second kappa shape index (κ2) is 26.1. The molecule has 0 aliphatic carbocycles. The first-order valence-electron chi connectivity index (χ1n) is 18.1. The summed E-state index contributed by atoms with van der Waals surface area (Å²) >= 11 is 0. The summed E-state index contributed by atoms with van der Waals surface area (Å²) in [5, 5.41) is 16.7. The molecule has 1 rings (SSSR count). The first-order chi connectivity index (χ1) is 24.5. The number of anilines is 3. The summed E-state index contributed by atoms with van der Waals surface area (Å²) in [4.78, 5) is 95.9. The number of hydrogen-bond donors (Lipinski definition) is 6. The van der Waals surface area contributed by atoms with Crippen molar-refractivity contribution in [1.82, 2.24) is 46.9 Å². The number of nitrogens with one attached hydrogen (secondary N) is 6. The van der Waals surface area contributed by atoms with E-state index in [0.717, 1.165) is 0 Å². The molecule has 0 unspecified atom stereocenters. The van der Waals surface area contributed by atoms with Crippen molar-refractivity contribution in [3.8, 4) is 0 Å². The van der Waals surface area contributed by atoms with Crippen LogP contribution < -0.4 is 46.6 Å². The maximum Gasteiger partial charge on any atom is 0.239 e. The number of carbonyl (C=O) groups is 6. The van der Waals surface area contributed by atoms with E-state index in [1.54, 1.807) is 0 Å². The normalized spacial score (nSPS) is 10.5. The molecule has 288 valence electrons. The monoisotopic (exact) mass is 720 g/mol. The highest BCUT2D eigenvalue weighted by molar-refractivity contribution is 5.88. The van der Waals surface area contributed by atoms with E-state index in [0.29, 0.717) is 77.8 Å². The molecule has 0 atom stereocenters. The van der Waals surface area contributed by atoms with Gasteiger partial charge in [0.2, 0.25) is 53.3 Å². The summed E-state index contributed by atoms with van der Waals surface area (Å²) in [5.41, 5.74) is 0. The molecular formula is C33H60N12O6. The molecule has 0 radical (unpaired) electrons. The van der Waals surface area contributed by atoms with Gasteiger partial charge in [-0.3, -0.25) is 28.8 Å². The Morgan fingerprint density at radius 3 is 0.647 bits per heavy atom. The Kier molecular flexibility index (Phi) is 22.6. The lowest BCUT2D eigenvalue weighted by atomic mass is 10.4. The minimum absolute atomic E-state index is 0.130. The zero-order valence-electron chi connectivity index (χ0n) is 31.4. The van der Waals surface area contributed by atoms with Crippen molar-refractivity contribution in [1.29, 1.82) is 0 Å². The summed E-state index contributed by atoms with van der Waals surface area (Å²) in [7, 11) is 0. The van der Waals surface area contributed by atoms with Crippen molar-refractivity contribution >= 4 is 53.3 Å². The van der Waals surface area contributed by atoms with Gasteiger partial charge in [-0.05, 0) is 38.5 Å². The number of carbonyl (C=O) groups excluding carboxylic acids is 6. The van der Waals surface area contributed by atoms with Gasteiger partial charge in [0.25, 0.3) is 0 Å². The van der Waals surface area contributed by atoms with Crippen LogP contribution >= 0.6 is 0 Å². The summed E-state index contributed by atoms with van der Waals surface area (Å²) in [6.45, 7) is 12.0. The number of hydrogen-bond acceptors (Lipinski definition) is 12. The molecule has 0 saturated heterocycles. The molecule has 0 bridgehead atoms. The van der Waals surface area contributed by atoms with Crippen molar-refractivity contribution in [3.63, 3.8) is 0 Å². The van der Waals surface area contributed by atoms with Crippen LogP contribution in [0.3, 0.4) is 0 Å². The first-order valence-corrected chi connectivity index (χ1v) is 18.1. The fourth-order valence-electron chi connectivity index (χ4n) is 4.32. The molecule has 0 fully saturated rings. The van der Waals surface area contributed by atoms with Gasteiger partial charge in [0, 0.05) is 39.3 Å². The highest BCUT2D eigenvalue weighted by Gasteiger charge is 2.27. The van der Waals surface area contributed by atoms with Crippen LogP contribution in [0, 0.1) is 0 Å². The van der Waals surface area contributed by atoms with E-state index in [4.69, 9.17) is 0 Å². The predicted molar refractivity (Wildman–Crippen MR) is 196 cm³/mol. The number of aromatic nitrogens is 3. The molecular weight excluding hydrogens is 660 g/mol. The zero-order valence-corrected chi connectivity index (χ0v) is 31.4. The summed E-state index contributed by atoms with van der Waals surface area (Å²) in [6.07, 6.45) is 4.13. The van der Waals surface area contributed by atoms with E-state index in [9.17, 15) is 28.8 Å². The third kappa shape index (κ3) is 18.7. The average Bonchev–Trinajstić information content (AvgIpc) is 3.11. The third-order valence-electron chi connectivity index (χ3n) is 6.89. The lowest BCUT2D eigenvalue weighted by molar-refractivity contribution is -0.122. The van der Waals surface area contributed by atoms with Gasteiger partial charge in [-0.2, -0.15) is 15.0 Å². The molecule has 18 nitrogen and oxygen atoms in total. The van der Waals surface area contributed by atoms with Crippen LogP contribution in [0.2, 0.25) is 0 Å². The molecule has 18 heteroatoms. The standard InChI is InChI=1S/C33H60N12O6/c1-7-13-34-25(46)19-43(20-26(47)35-14-8-2)31-40-32(44(21-27(48)36-15-9-3)22-28(49)37-16-10-4)42-33(41-31)45(23-29(50)38-17-11-5)24-30(51)39-18-12-6/h7-24H2,1-6H3,(H,34,46)(H,35,47)(H,36,48)(H,37,49)(H,38,50)(H,39,51). The van der Waals surface area contributed by atoms with Crippen LogP contribution in [0.25, 0.3) is 0 Å². The number of nitrogens with zero attached hydrogens (tertiary/aromatic N) is 6. The Bertz CT molecular complexity index is 1020. The SMILES string of the molecule is CCCNC(=O)CN(CC(=O)NCCC)c1nc(N(CC(=O)NCCC)CC(=O)NCCC)nc(N(CC(=O)NCCC)CC(=O)NCCC)n1. The van der Waals surface area contributed by atoms with Crippen molar-refractivity contribution in [2.75, 3.05) is 93.2 Å². The molecule has 0 spiro atoms. The largest absolute Gasteiger partial charge is 0.355 e. The lowest BCUT2D eigenvalue weighted by Gasteiger charge is -2.28. The van der Waals surface area contributed by atoms with Gasteiger partial charge in [-0.1, -0.05) is 41.5 Å². The first kappa shape index (κ1) is 44.3. The van der Waals surface area contributed by atoms with Gasteiger partial charge in [0.15, 0.2) is 0 Å². The van der Waals surface area contributed by atoms with E-state index in [-0.39, 0.29) is 57.1 Å². The molecule has 1 aromatic rings. The van der Waals surface area contributed by atoms with Crippen LogP contribution in [-0.4, -0.2) is 129 Å². The summed E-state index contributed by atoms with van der Waals surface area (Å²) in [6, 6.07) is 0. The van der Waals surface area contributed by atoms with Crippen LogP contribution in [0.4, 0.5) is 17.8 Å². The predicted octanol–water partition coefficient (Wildman–Crippen LogP) is -0.552. The summed E-state index contributed by atoms with van der Waals surface area (Å²) < 4.78 is 0. The van der Waals surface area contributed by atoms with Gasteiger partial charge in [0.05, 0.1) is 0 Å². The molecule has 1 heterocycles. The topological polar surface area (TPSA) is 223 Å². The molecule has 6 N–H and O–H groups in total. The Morgan fingerprint density at radius 1 is 0.353 bits per heavy atom. The number of amides is 6. The minimum Gasteiger partial charge on any atom is -0.355 e. The fraction of sp³-hybridized carbons (Fsp3) is 0.727. The van der Waals surface area contributed by atoms with Gasteiger partial charge >= 0.3 is 0 Å². The Hall–Kier alpha value is -4.77. The molecule has 6 amide bonds. The van der Waals surface area contributed by atoms with Crippen molar-refractivity contribution in [2.45, 2.75) is 80.1 Å². The molecule has 0 aliphatic heterocycles. The van der Waals surface area contributed by atoms with Crippen LogP contribution in [-0.2, 0) is 28.8 Å². The molecule has 0 aliphatic rings. The molecule has 1 aromatic heterocycles. The van der Waals surface area contributed by atoms with Crippen molar-refractivity contribution in [3.05, 3.63) is 0 Å². The van der Waals surface area contributed by atoms with E-state index >= 15 is 0 Å². The smallest absolute Gasteiger partial charge is 0.239 e. The zero-order chi connectivity index (χ0) is 38.0. The van der Waals surface area contributed by atoms with Crippen molar-refractivity contribution in [2.24, 2.45) is 0 Å². The molecule has 0 aromatic carbocycles. The Labute approximate surface area is 302 Å². The van der Waals surface area contributed by atoms with Crippen LogP contribution in [0.15, 0.2) is 0 Å². The fourth-order valence-corrected chi connectivity index (χ4v) is 4.32. The third-order valence-corrected chi connectivity index (χ3v) is 6.89. The van der Waals surface area contributed by atoms with Crippen molar-refractivity contribution < 1.29 is 28.8 Å². The van der Waals surface area contributed by atoms with Gasteiger partial charge in [-0.25, -0.2) is 0 Å². The highest BCUT2D eigenvalue weighted by Crippen LogP contribution is 2.20. The summed E-state index contributed by atoms with van der Waals surface area (Å²) in [5.74, 6) is -2.76. The highest BCUT2D eigenvalue weighted by atomic mass is 16.2. The van der Waals surface area contributed by atoms with Gasteiger partial charge < -0.3 is 46.6 Å². The Morgan fingerprint density at radius 2 is 0.510 bits per heavy atom. The average molecular weight is 721 g/mol. The van der Waals surface area contributed by atoms with Crippen LogP contribution in [0.5, 0.6) is 0 Å². The Balaban J connectivity index is 3.96. The van der Waals surface area contributed by atoms with E-state index in [2.05, 4.69) is 46.9 Å². The maximum atomic E-state index is 13.0. The molecule has 0 saturated carbocycles. The molecule has 51 heavy (non-hydrogen) atoms. The quantitative estimate of drug-likeness (QED) is 0.0674. The number of rotatable bonds is 27.